The summed E-state index contributed by atoms with van der Waals surface area (Å²) in [7, 11) is 1.62. The molecule has 0 radical (unpaired) electrons. The highest BCUT2D eigenvalue weighted by Crippen LogP contribution is 2.14. The van der Waals surface area contributed by atoms with Crippen LogP contribution in [-0.4, -0.2) is 61.3 Å². The molecule has 1 saturated heterocycles. The number of hydrogen-bond donors (Lipinski definition) is 0. The van der Waals surface area contributed by atoms with Crippen molar-refractivity contribution in [2.45, 2.75) is 6.42 Å². The van der Waals surface area contributed by atoms with E-state index in [1.165, 1.54) is 0 Å². The minimum atomic E-state index is 0.0738. The number of amides is 1. The Hall–Kier alpha value is -2.37. The van der Waals surface area contributed by atoms with Gasteiger partial charge in [0, 0.05) is 36.8 Å². The third kappa shape index (κ3) is 5.31. The largest absolute Gasteiger partial charge is 0.497 e. The molecular weight excluding hydrogens is 364 g/mol. The smallest absolute Gasteiger partial charge is 0.227 e. The second-order valence-corrected chi connectivity index (χ2v) is 7.05. The van der Waals surface area contributed by atoms with Crippen LogP contribution >= 0.6 is 11.6 Å². The van der Waals surface area contributed by atoms with Gasteiger partial charge in [-0.2, -0.15) is 0 Å². The summed E-state index contributed by atoms with van der Waals surface area (Å²) in [6.07, 6.45) is 0.383. The summed E-state index contributed by atoms with van der Waals surface area (Å²) >= 11 is 5.86. The molecule has 0 saturated carbocycles. The highest BCUT2D eigenvalue weighted by molar-refractivity contribution is 6.30. The van der Waals surface area contributed by atoms with Crippen LogP contribution in [0.15, 0.2) is 48.5 Å². The lowest BCUT2D eigenvalue weighted by atomic mass is 10.1. The Morgan fingerprint density at radius 1 is 0.963 bits per heavy atom. The van der Waals surface area contributed by atoms with Gasteiger partial charge in [0.1, 0.15) is 5.75 Å². The van der Waals surface area contributed by atoms with Gasteiger partial charge >= 0.3 is 0 Å². The van der Waals surface area contributed by atoms with Gasteiger partial charge < -0.3 is 9.64 Å². The summed E-state index contributed by atoms with van der Waals surface area (Å²) < 4.78 is 5.14. The molecule has 2 aromatic rings. The SMILES string of the molecule is COc1ccc(CC(=O)N2CCN(CC(=O)c3ccc(Cl)cc3)CC2)cc1. The summed E-state index contributed by atoms with van der Waals surface area (Å²) in [6.45, 7) is 3.05. The maximum absolute atomic E-state index is 12.5. The molecule has 5 nitrogen and oxygen atoms in total. The van der Waals surface area contributed by atoms with E-state index in [2.05, 4.69) is 4.90 Å². The fourth-order valence-corrected chi connectivity index (χ4v) is 3.24. The molecule has 0 atom stereocenters. The van der Waals surface area contributed by atoms with E-state index in [1.54, 1.807) is 31.4 Å². The third-order valence-electron chi connectivity index (χ3n) is 4.77. The van der Waals surface area contributed by atoms with Gasteiger partial charge in [-0.1, -0.05) is 23.7 Å². The lowest BCUT2D eigenvalue weighted by Gasteiger charge is -2.34. The van der Waals surface area contributed by atoms with Gasteiger partial charge in [-0.15, -0.1) is 0 Å². The van der Waals surface area contributed by atoms with Gasteiger partial charge in [0.2, 0.25) is 5.91 Å². The first-order valence-corrected chi connectivity index (χ1v) is 9.35. The Kier molecular flexibility index (Phi) is 6.48. The Bertz CT molecular complexity index is 782. The van der Waals surface area contributed by atoms with Crippen LogP contribution < -0.4 is 4.74 Å². The molecule has 1 aliphatic rings. The molecule has 6 heteroatoms. The second kappa shape index (κ2) is 9.02. The number of ketones is 1. The summed E-state index contributed by atoms with van der Waals surface area (Å²) in [5.41, 5.74) is 1.64. The molecule has 3 rings (SSSR count). The molecule has 1 aliphatic heterocycles. The number of nitrogens with zero attached hydrogens (tertiary/aromatic N) is 2. The van der Waals surface area contributed by atoms with Crippen molar-refractivity contribution in [3.8, 4) is 5.75 Å². The average Bonchev–Trinajstić information content (AvgIpc) is 2.69. The molecule has 27 heavy (non-hydrogen) atoms. The molecule has 0 N–H and O–H groups in total. The monoisotopic (exact) mass is 386 g/mol. The van der Waals surface area contributed by atoms with Crippen molar-refractivity contribution < 1.29 is 14.3 Å². The number of Topliss-reactive ketones (excluding diaryl/α,β-unsaturated/α-hetero) is 1. The molecule has 1 amide bonds. The van der Waals surface area contributed by atoms with Crippen molar-refractivity contribution in [2.75, 3.05) is 39.8 Å². The minimum absolute atomic E-state index is 0.0738. The van der Waals surface area contributed by atoms with Crippen LogP contribution in [0.1, 0.15) is 15.9 Å². The van der Waals surface area contributed by atoms with Gasteiger partial charge in [0.25, 0.3) is 0 Å². The molecule has 0 aliphatic carbocycles. The van der Waals surface area contributed by atoms with Crippen LogP contribution in [-0.2, 0) is 11.2 Å². The summed E-state index contributed by atoms with van der Waals surface area (Å²) in [5.74, 6) is 0.971. The standard InChI is InChI=1S/C21H23ClN2O3/c1-27-19-8-2-16(3-9-19)14-21(26)24-12-10-23(11-13-24)15-20(25)17-4-6-18(22)7-5-17/h2-9H,10-15H2,1H3. The second-order valence-electron chi connectivity index (χ2n) is 6.61. The van der Waals surface area contributed by atoms with Crippen molar-refractivity contribution in [3.05, 3.63) is 64.7 Å². The number of carbonyl (C=O) groups is 2. The van der Waals surface area contributed by atoms with Crippen molar-refractivity contribution in [1.29, 1.82) is 0 Å². The zero-order chi connectivity index (χ0) is 19.2. The Morgan fingerprint density at radius 3 is 2.19 bits per heavy atom. The number of halogens is 1. The van der Waals surface area contributed by atoms with Gasteiger partial charge in [0.15, 0.2) is 5.78 Å². The van der Waals surface area contributed by atoms with Crippen molar-refractivity contribution in [2.24, 2.45) is 0 Å². The van der Waals surface area contributed by atoms with Crippen LogP contribution in [0.4, 0.5) is 0 Å². The number of piperazine rings is 1. The van der Waals surface area contributed by atoms with Crippen molar-refractivity contribution in [3.63, 3.8) is 0 Å². The van der Waals surface area contributed by atoms with E-state index in [1.807, 2.05) is 29.2 Å². The Labute approximate surface area is 164 Å². The first-order valence-electron chi connectivity index (χ1n) is 8.97. The van der Waals surface area contributed by atoms with E-state index in [-0.39, 0.29) is 11.7 Å². The molecule has 2 aromatic carbocycles. The molecule has 1 heterocycles. The maximum Gasteiger partial charge on any atom is 0.227 e. The van der Waals surface area contributed by atoms with Crippen LogP contribution in [0, 0.1) is 0 Å². The molecule has 142 valence electrons. The normalized spacial score (nSPS) is 14.8. The number of carbonyl (C=O) groups excluding carboxylic acids is 2. The van der Waals surface area contributed by atoms with Gasteiger partial charge in [-0.3, -0.25) is 14.5 Å². The number of rotatable bonds is 6. The fourth-order valence-electron chi connectivity index (χ4n) is 3.12. The highest BCUT2D eigenvalue weighted by Gasteiger charge is 2.22. The van der Waals surface area contributed by atoms with Gasteiger partial charge in [0.05, 0.1) is 20.1 Å². The van der Waals surface area contributed by atoms with Crippen LogP contribution in [0.3, 0.4) is 0 Å². The molecular formula is C21H23ClN2O3. The highest BCUT2D eigenvalue weighted by atomic mass is 35.5. The molecule has 0 unspecified atom stereocenters. The minimum Gasteiger partial charge on any atom is -0.497 e. The van der Waals surface area contributed by atoms with E-state index < -0.39 is 0 Å². The Balaban J connectivity index is 1.47. The van der Waals surface area contributed by atoms with Crippen molar-refractivity contribution in [1.82, 2.24) is 9.80 Å². The number of methoxy groups -OCH3 is 1. The molecule has 0 spiro atoms. The first kappa shape index (κ1) is 19.4. The number of benzene rings is 2. The van der Waals surface area contributed by atoms with E-state index in [9.17, 15) is 9.59 Å². The van der Waals surface area contributed by atoms with Crippen LogP contribution in [0.5, 0.6) is 5.75 Å². The average molecular weight is 387 g/mol. The van der Waals surface area contributed by atoms with E-state index in [0.29, 0.717) is 49.7 Å². The summed E-state index contributed by atoms with van der Waals surface area (Å²) in [6, 6.07) is 14.5. The molecule has 0 bridgehead atoms. The van der Waals surface area contributed by atoms with Crippen LogP contribution in [0.25, 0.3) is 0 Å². The van der Waals surface area contributed by atoms with E-state index in [0.717, 1.165) is 11.3 Å². The number of ether oxygens (including phenoxy) is 1. The quantitative estimate of drug-likeness (QED) is 0.716. The lowest BCUT2D eigenvalue weighted by Crippen LogP contribution is -2.50. The third-order valence-corrected chi connectivity index (χ3v) is 5.02. The summed E-state index contributed by atoms with van der Waals surface area (Å²) in [5, 5.41) is 0.621. The summed E-state index contributed by atoms with van der Waals surface area (Å²) in [4.78, 5) is 28.8. The first-order chi connectivity index (χ1) is 13.0. The predicted molar refractivity (Wildman–Crippen MR) is 106 cm³/mol. The maximum atomic E-state index is 12.5. The molecule has 0 aromatic heterocycles. The van der Waals surface area contributed by atoms with Crippen LogP contribution in [0.2, 0.25) is 5.02 Å². The fraction of sp³-hybridized carbons (Fsp3) is 0.333. The van der Waals surface area contributed by atoms with E-state index >= 15 is 0 Å². The molecule has 1 fully saturated rings. The van der Waals surface area contributed by atoms with Crippen molar-refractivity contribution >= 4 is 23.3 Å². The topological polar surface area (TPSA) is 49.9 Å². The van der Waals surface area contributed by atoms with E-state index in [4.69, 9.17) is 16.3 Å². The number of hydrogen-bond acceptors (Lipinski definition) is 4. The zero-order valence-electron chi connectivity index (χ0n) is 15.4. The predicted octanol–water partition coefficient (Wildman–Crippen LogP) is 2.92. The van der Waals surface area contributed by atoms with Gasteiger partial charge in [-0.05, 0) is 42.0 Å². The zero-order valence-corrected chi connectivity index (χ0v) is 16.1. The Morgan fingerprint density at radius 2 is 1.59 bits per heavy atom. The lowest BCUT2D eigenvalue weighted by molar-refractivity contribution is -0.132. The van der Waals surface area contributed by atoms with Gasteiger partial charge in [-0.25, -0.2) is 0 Å².